The number of carbonyl (C=O) groups excluding carboxylic acids is 1. The van der Waals surface area contributed by atoms with Crippen molar-refractivity contribution in [2.75, 3.05) is 6.79 Å². The lowest BCUT2D eigenvalue weighted by molar-refractivity contribution is 0.0999. The molecule has 0 fully saturated rings. The third-order valence-corrected chi connectivity index (χ3v) is 2.60. The summed E-state index contributed by atoms with van der Waals surface area (Å²) in [7, 11) is 0. The molecule has 0 aliphatic carbocycles. The van der Waals surface area contributed by atoms with Crippen LogP contribution in [0.4, 0.5) is 0 Å². The number of nitrogens with one attached hydrogen (secondary N) is 1. The summed E-state index contributed by atoms with van der Waals surface area (Å²) in [6, 6.07) is 4.79. The predicted octanol–water partition coefficient (Wildman–Crippen LogP) is 0.356. The van der Waals surface area contributed by atoms with Gasteiger partial charge in [-0.15, -0.1) is 0 Å². The van der Waals surface area contributed by atoms with Crippen LogP contribution in [-0.2, 0) is 0 Å². The minimum Gasteiger partial charge on any atom is -0.454 e. The first-order valence-corrected chi connectivity index (χ1v) is 4.91. The first-order valence-electron chi connectivity index (χ1n) is 4.91. The van der Waals surface area contributed by atoms with Gasteiger partial charge >= 0.3 is 0 Å². The van der Waals surface area contributed by atoms with Crippen LogP contribution in [0.3, 0.4) is 0 Å². The maximum absolute atomic E-state index is 11.5. The Labute approximate surface area is 94.9 Å². The van der Waals surface area contributed by atoms with E-state index in [9.17, 15) is 9.59 Å². The largest absolute Gasteiger partial charge is 0.454 e. The van der Waals surface area contributed by atoms with Gasteiger partial charge in [0, 0.05) is 11.5 Å². The lowest BCUT2D eigenvalue weighted by Gasteiger charge is -2.02. The van der Waals surface area contributed by atoms with Crippen molar-refractivity contribution in [3.63, 3.8) is 0 Å². The molecule has 1 aromatic carbocycles. The summed E-state index contributed by atoms with van der Waals surface area (Å²) in [4.78, 5) is 25.2. The number of ether oxygens (including phenoxy) is 2. The first-order chi connectivity index (χ1) is 8.15. The van der Waals surface area contributed by atoms with Crippen LogP contribution in [0.2, 0.25) is 0 Å². The van der Waals surface area contributed by atoms with Crippen molar-refractivity contribution in [3.8, 4) is 11.5 Å². The highest BCUT2D eigenvalue weighted by molar-refractivity contribution is 5.96. The Hall–Kier alpha value is -2.50. The zero-order valence-corrected chi connectivity index (χ0v) is 8.65. The minimum atomic E-state index is -0.759. The van der Waals surface area contributed by atoms with Gasteiger partial charge in [0.25, 0.3) is 11.5 Å². The number of aromatic nitrogens is 1. The second-order valence-corrected chi connectivity index (χ2v) is 3.67. The molecule has 3 rings (SSSR count). The molecule has 17 heavy (non-hydrogen) atoms. The maximum Gasteiger partial charge on any atom is 0.261 e. The van der Waals surface area contributed by atoms with Crippen LogP contribution in [0.15, 0.2) is 23.0 Å². The van der Waals surface area contributed by atoms with Crippen LogP contribution >= 0.6 is 0 Å². The SMILES string of the molecule is NC(=O)c1cc2cc3c(cc2[nH]c1=O)OCO3. The van der Waals surface area contributed by atoms with Crippen LogP contribution in [0.1, 0.15) is 10.4 Å². The number of hydrogen-bond donors (Lipinski definition) is 2. The van der Waals surface area contributed by atoms with E-state index in [0.717, 1.165) is 0 Å². The number of aromatic amines is 1. The van der Waals surface area contributed by atoms with E-state index in [1.165, 1.54) is 6.07 Å². The van der Waals surface area contributed by atoms with Crippen molar-refractivity contribution < 1.29 is 14.3 Å². The molecule has 0 saturated heterocycles. The number of amides is 1. The summed E-state index contributed by atoms with van der Waals surface area (Å²) in [6.07, 6.45) is 0. The Balaban J connectivity index is 2.33. The standard InChI is InChI=1S/C11H8N2O4/c12-10(14)6-1-5-2-8-9(17-4-16-8)3-7(5)13-11(6)15/h1-3H,4H2,(H2,12,14)(H,13,15). The maximum atomic E-state index is 11.5. The van der Waals surface area contributed by atoms with Gasteiger partial charge in [-0.3, -0.25) is 9.59 Å². The molecule has 2 heterocycles. The molecule has 1 aliphatic heterocycles. The molecular formula is C11H8N2O4. The number of primary amides is 1. The second kappa shape index (κ2) is 3.24. The van der Waals surface area contributed by atoms with Crippen LogP contribution in [0.5, 0.6) is 11.5 Å². The summed E-state index contributed by atoms with van der Waals surface area (Å²) in [5.74, 6) is 0.394. The quantitative estimate of drug-likeness (QED) is 0.741. The summed E-state index contributed by atoms with van der Waals surface area (Å²) < 4.78 is 10.4. The topological polar surface area (TPSA) is 94.4 Å². The second-order valence-electron chi connectivity index (χ2n) is 3.67. The third-order valence-electron chi connectivity index (χ3n) is 2.60. The zero-order chi connectivity index (χ0) is 12.0. The van der Waals surface area contributed by atoms with Crippen LogP contribution < -0.4 is 20.8 Å². The molecule has 1 aliphatic rings. The van der Waals surface area contributed by atoms with Crippen molar-refractivity contribution in [1.82, 2.24) is 4.98 Å². The number of benzene rings is 1. The van der Waals surface area contributed by atoms with E-state index in [-0.39, 0.29) is 12.4 Å². The smallest absolute Gasteiger partial charge is 0.261 e. The zero-order valence-electron chi connectivity index (χ0n) is 8.65. The Morgan fingerprint density at radius 2 is 1.94 bits per heavy atom. The number of carbonyl (C=O) groups is 1. The minimum absolute atomic E-state index is 0.0728. The van der Waals surface area contributed by atoms with Gasteiger partial charge in [0.2, 0.25) is 6.79 Å². The predicted molar refractivity (Wildman–Crippen MR) is 59.2 cm³/mol. The van der Waals surface area contributed by atoms with Crippen molar-refractivity contribution in [1.29, 1.82) is 0 Å². The molecule has 0 radical (unpaired) electrons. The highest BCUT2D eigenvalue weighted by Gasteiger charge is 2.16. The molecule has 6 heteroatoms. The molecule has 0 unspecified atom stereocenters. The molecule has 0 spiro atoms. The first kappa shape index (κ1) is 9.71. The van der Waals surface area contributed by atoms with Crippen molar-refractivity contribution in [3.05, 3.63) is 34.1 Å². The van der Waals surface area contributed by atoms with Crippen LogP contribution in [-0.4, -0.2) is 17.7 Å². The number of H-pyrrole nitrogens is 1. The van der Waals surface area contributed by atoms with Gasteiger partial charge in [0.1, 0.15) is 5.56 Å². The van der Waals surface area contributed by atoms with E-state index in [4.69, 9.17) is 15.2 Å². The van der Waals surface area contributed by atoms with Crippen molar-refractivity contribution in [2.45, 2.75) is 0 Å². The normalized spacial score (nSPS) is 12.9. The number of nitrogens with two attached hydrogens (primary N) is 1. The Morgan fingerprint density at radius 3 is 2.65 bits per heavy atom. The average Bonchev–Trinajstić information content (AvgIpc) is 2.71. The molecule has 0 saturated carbocycles. The third kappa shape index (κ3) is 1.42. The summed E-state index contributed by atoms with van der Waals surface area (Å²) in [6.45, 7) is 0.151. The fraction of sp³-hybridized carbons (Fsp3) is 0.0909. The fourth-order valence-electron chi connectivity index (χ4n) is 1.78. The fourth-order valence-corrected chi connectivity index (χ4v) is 1.78. The molecule has 0 bridgehead atoms. The van der Waals surface area contributed by atoms with Crippen molar-refractivity contribution >= 4 is 16.8 Å². The molecule has 1 aromatic heterocycles. The van der Waals surface area contributed by atoms with Gasteiger partial charge in [-0.05, 0) is 12.1 Å². The highest BCUT2D eigenvalue weighted by Crippen LogP contribution is 2.35. The van der Waals surface area contributed by atoms with Gasteiger partial charge in [-0.2, -0.15) is 0 Å². The molecule has 1 amide bonds. The molecule has 6 nitrogen and oxygen atoms in total. The van der Waals surface area contributed by atoms with Crippen LogP contribution in [0, 0.1) is 0 Å². The van der Waals surface area contributed by atoms with E-state index in [1.807, 2.05) is 0 Å². The molecule has 86 valence electrons. The monoisotopic (exact) mass is 232 g/mol. The van der Waals surface area contributed by atoms with Gasteiger partial charge in [0.15, 0.2) is 11.5 Å². The van der Waals surface area contributed by atoms with Gasteiger partial charge < -0.3 is 20.2 Å². The Morgan fingerprint density at radius 1 is 1.24 bits per heavy atom. The van der Waals surface area contributed by atoms with Gasteiger partial charge in [0.05, 0.1) is 5.52 Å². The van der Waals surface area contributed by atoms with Gasteiger partial charge in [-0.25, -0.2) is 0 Å². The number of pyridine rings is 1. The highest BCUT2D eigenvalue weighted by atomic mass is 16.7. The van der Waals surface area contributed by atoms with Crippen LogP contribution in [0.25, 0.3) is 10.9 Å². The average molecular weight is 232 g/mol. The molecule has 2 aromatic rings. The number of rotatable bonds is 1. The Kier molecular flexibility index (Phi) is 1.85. The van der Waals surface area contributed by atoms with Crippen molar-refractivity contribution in [2.24, 2.45) is 5.73 Å². The summed E-state index contributed by atoms with van der Waals surface area (Å²) >= 11 is 0. The van der Waals surface area contributed by atoms with E-state index < -0.39 is 11.5 Å². The number of fused-ring (bicyclic) bond motifs is 2. The lowest BCUT2D eigenvalue weighted by Crippen LogP contribution is -2.23. The van der Waals surface area contributed by atoms with Gasteiger partial charge in [-0.1, -0.05) is 0 Å². The van der Waals surface area contributed by atoms with E-state index in [2.05, 4.69) is 4.98 Å². The van der Waals surface area contributed by atoms with E-state index in [1.54, 1.807) is 12.1 Å². The molecule has 0 atom stereocenters. The molecular weight excluding hydrogens is 224 g/mol. The van der Waals surface area contributed by atoms with E-state index in [0.29, 0.717) is 22.4 Å². The number of hydrogen-bond acceptors (Lipinski definition) is 4. The van der Waals surface area contributed by atoms with E-state index >= 15 is 0 Å². The Bertz CT molecular complexity index is 690. The summed E-state index contributed by atoms with van der Waals surface area (Å²) in [5, 5.41) is 0.669. The lowest BCUT2D eigenvalue weighted by atomic mass is 10.1. The summed E-state index contributed by atoms with van der Waals surface area (Å²) in [5.41, 5.74) is 5.09. The molecule has 3 N–H and O–H groups in total.